The Morgan fingerprint density at radius 3 is 2.26 bits per heavy atom. The predicted molar refractivity (Wildman–Crippen MR) is 109 cm³/mol. The number of nitrogens with one attached hydrogen (secondary N) is 2. The molecule has 0 bridgehead atoms. The molecule has 0 spiro atoms. The molecule has 11 heteroatoms. The van der Waals surface area contributed by atoms with Crippen molar-refractivity contribution in [3.8, 4) is 0 Å². The Hall–Kier alpha value is -2.79. The molecule has 2 aromatic rings. The van der Waals surface area contributed by atoms with Gasteiger partial charge in [0.2, 0.25) is 0 Å². The standard InChI is InChI=1S/C23H22F6N2O3/c1-13(14-7-16(22(24,25)26)9-17(8-14)23(27,28)29)33-12-21(15-5-3-2-4-6-15)10-19-18(11-30-21)31-20(32)34-19/h2-9,13,18-19,30H,10-12H2,1H3,(H,31,32)/t13-,18?,19+,21-/m1/s1. The Bertz CT molecular complexity index is 1010. The highest BCUT2D eigenvalue weighted by molar-refractivity contribution is 5.70. The number of alkyl carbamates (subject to hydrolysis) is 1. The van der Waals surface area contributed by atoms with E-state index in [2.05, 4.69) is 10.6 Å². The molecule has 0 aliphatic carbocycles. The summed E-state index contributed by atoms with van der Waals surface area (Å²) in [5.74, 6) is 0. The topological polar surface area (TPSA) is 59.6 Å². The van der Waals surface area contributed by atoms with E-state index in [0.717, 1.165) is 5.56 Å². The maximum atomic E-state index is 13.2. The van der Waals surface area contributed by atoms with Crippen LogP contribution < -0.4 is 10.6 Å². The zero-order valence-corrected chi connectivity index (χ0v) is 18.0. The van der Waals surface area contributed by atoms with Gasteiger partial charge in [-0.2, -0.15) is 26.3 Å². The van der Waals surface area contributed by atoms with Gasteiger partial charge in [0.25, 0.3) is 0 Å². The lowest BCUT2D eigenvalue weighted by Gasteiger charge is -2.42. The summed E-state index contributed by atoms with van der Waals surface area (Å²) in [7, 11) is 0. The number of fused-ring (bicyclic) bond motifs is 1. The van der Waals surface area contributed by atoms with Crippen molar-refractivity contribution < 1.29 is 40.6 Å². The molecule has 34 heavy (non-hydrogen) atoms. The normalized spacial score (nSPS) is 25.9. The third-order valence-corrected chi connectivity index (χ3v) is 6.21. The quantitative estimate of drug-likeness (QED) is 0.571. The Morgan fingerprint density at radius 2 is 1.68 bits per heavy atom. The van der Waals surface area contributed by atoms with Crippen molar-refractivity contribution in [1.29, 1.82) is 0 Å². The van der Waals surface area contributed by atoms with Gasteiger partial charge in [-0.3, -0.25) is 0 Å². The minimum absolute atomic E-state index is 0.0729. The summed E-state index contributed by atoms with van der Waals surface area (Å²) in [6.45, 7) is 1.68. The van der Waals surface area contributed by atoms with Gasteiger partial charge in [-0.1, -0.05) is 30.3 Å². The minimum Gasteiger partial charge on any atom is -0.444 e. The molecule has 0 saturated carbocycles. The number of carbonyl (C=O) groups excluding carboxylic acids is 1. The third kappa shape index (κ3) is 5.00. The fourth-order valence-electron chi connectivity index (χ4n) is 4.33. The van der Waals surface area contributed by atoms with Gasteiger partial charge in [0.15, 0.2) is 0 Å². The first-order valence-corrected chi connectivity index (χ1v) is 10.6. The van der Waals surface area contributed by atoms with E-state index in [1.54, 1.807) is 12.1 Å². The Labute approximate surface area is 191 Å². The predicted octanol–water partition coefficient (Wildman–Crippen LogP) is 5.17. The number of rotatable bonds is 5. The van der Waals surface area contributed by atoms with Crippen LogP contribution in [0, 0.1) is 0 Å². The number of halogens is 6. The van der Waals surface area contributed by atoms with E-state index in [9.17, 15) is 31.1 Å². The zero-order chi connectivity index (χ0) is 24.7. The van der Waals surface area contributed by atoms with Gasteiger partial charge in [-0.05, 0) is 36.2 Å². The van der Waals surface area contributed by atoms with E-state index in [4.69, 9.17) is 9.47 Å². The number of hydrogen-bond acceptors (Lipinski definition) is 4. The van der Waals surface area contributed by atoms with Crippen LogP contribution in [0.25, 0.3) is 0 Å². The van der Waals surface area contributed by atoms with Crippen molar-refractivity contribution in [3.63, 3.8) is 0 Å². The fraction of sp³-hybridized carbons (Fsp3) is 0.435. The Balaban J connectivity index is 1.61. The summed E-state index contributed by atoms with van der Waals surface area (Å²) in [6.07, 6.45) is -11.7. The molecule has 4 rings (SSSR count). The number of ether oxygens (including phenoxy) is 2. The molecule has 2 aliphatic heterocycles. The van der Waals surface area contributed by atoms with Crippen LogP contribution >= 0.6 is 0 Å². The summed E-state index contributed by atoms with van der Waals surface area (Å²) in [6, 6.07) is 10.3. The monoisotopic (exact) mass is 488 g/mol. The van der Waals surface area contributed by atoms with E-state index in [1.807, 2.05) is 18.2 Å². The van der Waals surface area contributed by atoms with E-state index < -0.39 is 47.3 Å². The van der Waals surface area contributed by atoms with Gasteiger partial charge in [0.1, 0.15) is 6.10 Å². The minimum atomic E-state index is -4.94. The fourth-order valence-corrected chi connectivity index (χ4v) is 4.33. The van der Waals surface area contributed by atoms with E-state index >= 15 is 0 Å². The second-order valence-electron chi connectivity index (χ2n) is 8.52. The molecule has 2 fully saturated rings. The first kappa shape index (κ1) is 24.3. The average Bonchev–Trinajstić information content (AvgIpc) is 3.15. The zero-order valence-electron chi connectivity index (χ0n) is 18.0. The largest absolute Gasteiger partial charge is 0.444 e. The maximum absolute atomic E-state index is 13.2. The molecule has 184 valence electrons. The first-order valence-electron chi connectivity index (χ1n) is 10.6. The van der Waals surface area contributed by atoms with Crippen LogP contribution in [0.5, 0.6) is 0 Å². The Morgan fingerprint density at radius 1 is 1.06 bits per heavy atom. The molecular weight excluding hydrogens is 466 g/mol. The smallest absolute Gasteiger partial charge is 0.416 e. The Kier molecular flexibility index (Phi) is 6.28. The maximum Gasteiger partial charge on any atom is 0.416 e. The van der Waals surface area contributed by atoms with Gasteiger partial charge in [0.05, 0.1) is 35.4 Å². The summed E-state index contributed by atoms with van der Waals surface area (Å²) in [5, 5.41) is 6.04. The van der Waals surface area contributed by atoms with Gasteiger partial charge in [-0.25, -0.2) is 4.79 Å². The highest BCUT2D eigenvalue weighted by Gasteiger charge is 2.47. The number of alkyl halides is 6. The van der Waals surface area contributed by atoms with Crippen molar-refractivity contribution in [2.75, 3.05) is 13.2 Å². The van der Waals surface area contributed by atoms with Crippen molar-refractivity contribution in [3.05, 3.63) is 70.8 Å². The lowest BCUT2D eigenvalue weighted by atomic mass is 9.80. The summed E-state index contributed by atoms with van der Waals surface area (Å²) >= 11 is 0. The van der Waals surface area contributed by atoms with Crippen LogP contribution in [0.1, 0.15) is 41.7 Å². The lowest BCUT2D eigenvalue weighted by molar-refractivity contribution is -0.143. The van der Waals surface area contributed by atoms with Crippen LogP contribution in [0.15, 0.2) is 48.5 Å². The molecule has 2 N–H and O–H groups in total. The highest BCUT2D eigenvalue weighted by atomic mass is 19.4. The second-order valence-corrected chi connectivity index (χ2v) is 8.52. The van der Waals surface area contributed by atoms with Crippen LogP contribution in [0.3, 0.4) is 0 Å². The van der Waals surface area contributed by atoms with E-state index in [0.29, 0.717) is 25.1 Å². The van der Waals surface area contributed by atoms with Gasteiger partial charge in [0, 0.05) is 13.0 Å². The van der Waals surface area contributed by atoms with E-state index in [1.165, 1.54) is 6.92 Å². The van der Waals surface area contributed by atoms with Gasteiger partial charge in [-0.15, -0.1) is 0 Å². The van der Waals surface area contributed by atoms with Crippen molar-refractivity contribution in [2.45, 2.75) is 49.5 Å². The third-order valence-electron chi connectivity index (χ3n) is 6.21. The van der Waals surface area contributed by atoms with Crippen LogP contribution in [-0.2, 0) is 27.4 Å². The lowest BCUT2D eigenvalue weighted by Crippen LogP contribution is -2.59. The molecule has 2 heterocycles. The average molecular weight is 488 g/mol. The second kappa shape index (κ2) is 8.77. The van der Waals surface area contributed by atoms with Gasteiger partial charge >= 0.3 is 18.4 Å². The molecule has 0 radical (unpaired) electrons. The molecule has 2 aromatic carbocycles. The van der Waals surface area contributed by atoms with E-state index in [-0.39, 0.29) is 24.3 Å². The highest BCUT2D eigenvalue weighted by Crippen LogP contribution is 2.39. The first-order chi connectivity index (χ1) is 15.9. The molecule has 1 unspecified atom stereocenters. The van der Waals surface area contributed by atoms with Gasteiger partial charge < -0.3 is 20.1 Å². The van der Waals surface area contributed by atoms with Crippen molar-refractivity contribution >= 4 is 6.09 Å². The SMILES string of the molecule is C[C@@H](OC[C@@]1(c2ccccc2)C[C@@H]2OC(=O)NC2CN1)c1cc(C(F)(F)F)cc(C(F)(F)F)c1. The molecule has 5 nitrogen and oxygen atoms in total. The summed E-state index contributed by atoms with van der Waals surface area (Å²) < 4.78 is 90.7. The number of hydrogen-bond donors (Lipinski definition) is 2. The molecule has 2 saturated heterocycles. The number of piperidine rings is 1. The number of carbonyl (C=O) groups is 1. The molecule has 4 atom stereocenters. The molecule has 0 aromatic heterocycles. The van der Waals surface area contributed by atoms with Crippen LogP contribution in [0.2, 0.25) is 0 Å². The molecule has 1 amide bonds. The molecule has 2 aliphatic rings. The summed E-state index contributed by atoms with van der Waals surface area (Å²) in [5.41, 5.74) is -3.10. The summed E-state index contributed by atoms with van der Waals surface area (Å²) in [4.78, 5) is 11.7. The van der Waals surface area contributed by atoms with Crippen molar-refractivity contribution in [2.24, 2.45) is 0 Å². The van der Waals surface area contributed by atoms with Crippen molar-refractivity contribution in [1.82, 2.24) is 10.6 Å². The number of amides is 1. The molecular formula is C23H22F6N2O3. The number of benzene rings is 2. The van der Waals surface area contributed by atoms with Crippen LogP contribution in [0.4, 0.5) is 31.1 Å². The van der Waals surface area contributed by atoms with Crippen LogP contribution in [-0.4, -0.2) is 31.4 Å².